The van der Waals surface area contributed by atoms with Gasteiger partial charge in [0.25, 0.3) is 5.56 Å². The lowest BCUT2D eigenvalue weighted by atomic mass is 10.2. The van der Waals surface area contributed by atoms with E-state index in [1.165, 1.54) is 10.9 Å². The average Bonchev–Trinajstić information content (AvgIpc) is 3.46. The lowest BCUT2D eigenvalue weighted by molar-refractivity contribution is -0.116. The summed E-state index contributed by atoms with van der Waals surface area (Å²) >= 11 is 0. The van der Waals surface area contributed by atoms with Crippen molar-refractivity contribution >= 4 is 33.9 Å². The van der Waals surface area contributed by atoms with Crippen LogP contribution in [0.25, 0.3) is 22.3 Å². The van der Waals surface area contributed by atoms with Gasteiger partial charge in [-0.15, -0.1) is 0 Å². The molecule has 0 fully saturated rings. The number of aryl methyl sites for hydroxylation is 1. The van der Waals surface area contributed by atoms with Crippen LogP contribution in [0.15, 0.2) is 68.9 Å². The smallest absolute Gasteiger partial charge is 0.333 e. The molecule has 3 aromatic heterocycles. The minimum absolute atomic E-state index is 0.196. The largest absolute Gasteiger partial charge is 0.441 e. The quantitative estimate of drug-likeness (QED) is 0.355. The molecule has 1 N–H and O–H groups in total. The Hall–Kier alpha value is -4.51. The molecule has 0 saturated carbocycles. The highest BCUT2D eigenvalue weighted by Crippen LogP contribution is 2.19. The van der Waals surface area contributed by atoms with Gasteiger partial charge in [-0.1, -0.05) is 30.3 Å². The number of aromatic nitrogens is 5. The predicted octanol–water partition coefficient (Wildman–Crippen LogP) is 2.14. The lowest BCUT2D eigenvalue weighted by Crippen LogP contribution is -2.43. The molecule has 0 aliphatic heterocycles. The van der Waals surface area contributed by atoms with E-state index >= 15 is 0 Å². The van der Waals surface area contributed by atoms with Crippen LogP contribution >= 0.6 is 0 Å². The number of nitrogens with one attached hydrogen (secondary N) is 1. The summed E-state index contributed by atoms with van der Waals surface area (Å²) < 4.78 is 14.6. The third-order valence-electron chi connectivity index (χ3n) is 5.78. The summed E-state index contributed by atoms with van der Waals surface area (Å²) in [5.74, 6) is -0.0142. The lowest BCUT2D eigenvalue weighted by Gasteiger charge is -2.13. The Labute approximate surface area is 204 Å². The summed E-state index contributed by atoms with van der Waals surface area (Å²) in [6, 6.07) is 14.4. The van der Waals surface area contributed by atoms with Crippen molar-refractivity contribution < 1.29 is 13.9 Å². The highest BCUT2D eigenvalue weighted by molar-refractivity contribution is 5.92. The fourth-order valence-electron chi connectivity index (χ4n) is 4.11. The highest BCUT2D eigenvalue weighted by atomic mass is 16.5. The first-order valence-electron chi connectivity index (χ1n) is 11.3. The number of imidazole rings is 1. The van der Waals surface area contributed by atoms with Crippen LogP contribution in [0.3, 0.4) is 0 Å². The van der Waals surface area contributed by atoms with Crippen molar-refractivity contribution in [3.8, 4) is 0 Å². The topological polar surface area (TPSA) is 126 Å². The molecule has 0 radical (unpaired) electrons. The Kier molecular flexibility index (Phi) is 6.21. The monoisotopic (exact) mass is 488 g/mol. The zero-order valence-corrected chi connectivity index (χ0v) is 19.8. The Morgan fingerprint density at radius 1 is 1.11 bits per heavy atom. The number of fused-ring (bicyclic) bond motifs is 2. The molecule has 0 unspecified atom stereocenters. The van der Waals surface area contributed by atoms with Crippen LogP contribution in [-0.2, 0) is 29.2 Å². The van der Waals surface area contributed by atoms with Crippen molar-refractivity contribution in [3.63, 3.8) is 0 Å². The van der Waals surface area contributed by atoms with Crippen molar-refractivity contribution in [1.29, 1.82) is 0 Å². The van der Waals surface area contributed by atoms with Gasteiger partial charge in [-0.3, -0.25) is 14.2 Å². The molecule has 11 nitrogen and oxygen atoms in total. The first-order valence-corrected chi connectivity index (χ1v) is 11.3. The number of carbonyl (C=O) groups is 1. The van der Waals surface area contributed by atoms with Crippen LogP contribution < -0.4 is 16.6 Å². The van der Waals surface area contributed by atoms with Crippen molar-refractivity contribution in [2.75, 3.05) is 19.0 Å². The molecule has 36 heavy (non-hydrogen) atoms. The number of carbonyl (C=O) groups excluding carboxylic acids is 1. The number of amides is 1. The van der Waals surface area contributed by atoms with Gasteiger partial charge in [0.15, 0.2) is 22.6 Å². The van der Waals surface area contributed by atoms with E-state index in [1.807, 2.05) is 30.3 Å². The number of methoxy groups -OCH3 is 1. The molecule has 11 heteroatoms. The minimum atomic E-state index is -0.619. The predicted molar refractivity (Wildman–Crippen MR) is 133 cm³/mol. The molecule has 2 aromatic carbocycles. The average molecular weight is 489 g/mol. The van der Waals surface area contributed by atoms with Crippen LogP contribution in [0.2, 0.25) is 0 Å². The summed E-state index contributed by atoms with van der Waals surface area (Å²) in [5, 5.41) is 2.74. The molecule has 184 valence electrons. The van der Waals surface area contributed by atoms with Gasteiger partial charge >= 0.3 is 5.69 Å². The second-order valence-corrected chi connectivity index (χ2v) is 8.31. The Morgan fingerprint density at radius 2 is 1.92 bits per heavy atom. The number of hydrogen-bond acceptors (Lipinski definition) is 7. The fourth-order valence-corrected chi connectivity index (χ4v) is 4.11. The van der Waals surface area contributed by atoms with E-state index in [2.05, 4.69) is 15.3 Å². The number of hydrogen-bond donors (Lipinski definition) is 1. The van der Waals surface area contributed by atoms with E-state index < -0.39 is 23.7 Å². The van der Waals surface area contributed by atoms with E-state index in [9.17, 15) is 14.4 Å². The molecule has 0 bridgehead atoms. The van der Waals surface area contributed by atoms with Crippen LogP contribution in [0.5, 0.6) is 0 Å². The molecule has 3 heterocycles. The number of nitrogens with zero attached hydrogens (tertiary/aromatic N) is 5. The molecular formula is C25H24N6O5. The van der Waals surface area contributed by atoms with Gasteiger partial charge in [-0.05, 0) is 23.8 Å². The van der Waals surface area contributed by atoms with Crippen molar-refractivity contribution in [2.45, 2.75) is 26.6 Å². The van der Waals surface area contributed by atoms with Crippen LogP contribution in [0.4, 0.5) is 5.69 Å². The van der Waals surface area contributed by atoms with E-state index in [1.54, 1.807) is 36.8 Å². The standard InChI is InChI=1S/C25H24N6O5/c1-16-27-19-12-18(8-9-20(19)36-16)28-21(32)14-31-24(33)22-23(26-15-29(22)10-11-35-2)30(25(31)34)13-17-6-4-3-5-7-17/h3-9,12,15H,10-11,13-14H2,1-2H3,(H,28,32). The Balaban J connectivity index is 1.53. The summed E-state index contributed by atoms with van der Waals surface area (Å²) in [5.41, 5.74) is 1.80. The van der Waals surface area contributed by atoms with Crippen LogP contribution in [0.1, 0.15) is 11.5 Å². The number of rotatable bonds is 8. The van der Waals surface area contributed by atoms with Gasteiger partial charge in [-0.25, -0.2) is 19.3 Å². The summed E-state index contributed by atoms with van der Waals surface area (Å²) in [6.07, 6.45) is 1.51. The van der Waals surface area contributed by atoms with E-state index in [-0.39, 0.29) is 17.7 Å². The maximum atomic E-state index is 13.4. The van der Waals surface area contributed by atoms with Gasteiger partial charge < -0.3 is 19.0 Å². The van der Waals surface area contributed by atoms with Crippen LogP contribution in [-0.4, -0.2) is 43.3 Å². The van der Waals surface area contributed by atoms with Crippen molar-refractivity contribution in [1.82, 2.24) is 23.7 Å². The van der Waals surface area contributed by atoms with Crippen LogP contribution in [0, 0.1) is 6.92 Å². The second kappa shape index (κ2) is 9.62. The molecule has 0 spiro atoms. The van der Waals surface area contributed by atoms with E-state index in [0.29, 0.717) is 35.8 Å². The van der Waals surface area contributed by atoms with Gasteiger partial charge in [-0.2, -0.15) is 0 Å². The Morgan fingerprint density at radius 3 is 2.69 bits per heavy atom. The number of anilines is 1. The second-order valence-electron chi connectivity index (χ2n) is 8.31. The third-order valence-corrected chi connectivity index (χ3v) is 5.78. The summed E-state index contributed by atoms with van der Waals surface area (Å²) in [4.78, 5) is 48.4. The zero-order chi connectivity index (χ0) is 25.2. The molecular weight excluding hydrogens is 464 g/mol. The van der Waals surface area contributed by atoms with Crippen molar-refractivity contribution in [3.05, 3.63) is 87.2 Å². The van der Waals surface area contributed by atoms with Crippen molar-refractivity contribution in [2.24, 2.45) is 0 Å². The maximum Gasteiger partial charge on any atom is 0.333 e. The van der Waals surface area contributed by atoms with Gasteiger partial charge in [0.1, 0.15) is 12.1 Å². The van der Waals surface area contributed by atoms with Gasteiger partial charge in [0, 0.05) is 26.3 Å². The maximum absolute atomic E-state index is 13.4. The molecule has 0 saturated heterocycles. The summed E-state index contributed by atoms with van der Waals surface area (Å²) in [7, 11) is 1.56. The molecule has 5 aromatic rings. The van der Waals surface area contributed by atoms with Gasteiger partial charge in [0.2, 0.25) is 5.91 Å². The van der Waals surface area contributed by atoms with E-state index in [4.69, 9.17) is 9.15 Å². The normalized spacial score (nSPS) is 11.4. The third kappa shape index (κ3) is 4.43. The molecule has 5 rings (SSSR count). The van der Waals surface area contributed by atoms with E-state index in [0.717, 1.165) is 10.1 Å². The Bertz CT molecular complexity index is 1680. The number of ether oxygens (including phenoxy) is 1. The fraction of sp³-hybridized carbons (Fsp3) is 0.240. The highest BCUT2D eigenvalue weighted by Gasteiger charge is 2.20. The molecule has 0 aliphatic carbocycles. The number of benzene rings is 2. The summed E-state index contributed by atoms with van der Waals surface area (Å²) in [6.45, 7) is 2.19. The SMILES string of the molecule is COCCn1cnc2c1c(=O)n(CC(=O)Nc1ccc3oc(C)nc3c1)c(=O)n2Cc1ccccc1. The first-order chi connectivity index (χ1) is 17.4. The number of oxazole rings is 1. The molecule has 1 amide bonds. The molecule has 0 atom stereocenters. The minimum Gasteiger partial charge on any atom is -0.441 e. The molecule has 0 aliphatic rings. The zero-order valence-electron chi connectivity index (χ0n) is 19.8. The van der Waals surface area contributed by atoms with Gasteiger partial charge in [0.05, 0.1) is 19.5 Å². The first kappa shape index (κ1) is 23.2.